The number of hydrogen-bond donors (Lipinski definition) is 0. The number of rotatable bonds is 5. The molecule has 0 amide bonds. The van der Waals surface area contributed by atoms with Crippen molar-refractivity contribution in [2.45, 2.75) is 37.3 Å². The molecule has 4 rings (SSSR count). The van der Waals surface area contributed by atoms with E-state index in [4.69, 9.17) is 9.15 Å². The van der Waals surface area contributed by atoms with Crippen molar-refractivity contribution in [3.63, 3.8) is 0 Å². The molecule has 1 unspecified atom stereocenters. The summed E-state index contributed by atoms with van der Waals surface area (Å²) in [7, 11) is 0. The van der Waals surface area contributed by atoms with Gasteiger partial charge in [-0.15, -0.1) is 11.8 Å². The average molecular weight is 330 g/mol. The van der Waals surface area contributed by atoms with Crippen LogP contribution in [-0.4, -0.2) is 39.6 Å². The zero-order chi connectivity index (χ0) is 15.7. The van der Waals surface area contributed by atoms with Crippen LogP contribution in [0.25, 0.3) is 0 Å². The lowest BCUT2D eigenvalue weighted by Crippen LogP contribution is -2.58. The Morgan fingerprint density at radius 2 is 2.26 bits per heavy atom. The first-order valence-electron chi connectivity index (χ1n) is 8.14. The first kappa shape index (κ1) is 15.2. The van der Waals surface area contributed by atoms with Gasteiger partial charge in [0.15, 0.2) is 0 Å². The van der Waals surface area contributed by atoms with Crippen LogP contribution in [0.1, 0.15) is 23.6 Å². The molecule has 23 heavy (non-hydrogen) atoms. The second-order valence-electron chi connectivity index (χ2n) is 6.61. The van der Waals surface area contributed by atoms with Crippen LogP contribution in [0.15, 0.2) is 40.9 Å². The molecule has 0 radical (unpaired) electrons. The maximum Gasteiger partial charge on any atom is 0.118 e. The van der Waals surface area contributed by atoms with E-state index in [1.54, 1.807) is 0 Å². The van der Waals surface area contributed by atoms with Gasteiger partial charge in [-0.1, -0.05) is 6.07 Å². The van der Waals surface area contributed by atoms with Gasteiger partial charge in [0.25, 0.3) is 0 Å². The van der Waals surface area contributed by atoms with E-state index in [0.29, 0.717) is 17.5 Å². The van der Waals surface area contributed by atoms with Gasteiger partial charge in [-0.05, 0) is 37.6 Å². The Balaban J connectivity index is 1.23. The zero-order valence-electron chi connectivity index (χ0n) is 13.4. The molecule has 0 saturated carbocycles. The van der Waals surface area contributed by atoms with Crippen molar-refractivity contribution in [3.8, 4) is 0 Å². The SMILES string of the molecule is Cc1ccc(CN2CC3(CC(OCc4ccccn4)CS3)C2)o1. The van der Waals surface area contributed by atoms with Crippen molar-refractivity contribution < 1.29 is 9.15 Å². The van der Waals surface area contributed by atoms with Crippen LogP contribution in [-0.2, 0) is 17.9 Å². The van der Waals surface area contributed by atoms with E-state index in [-0.39, 0.29) is 0 Å². The van der Waals surface area contributed by atoms with E-state index in [1.165, 1.54) is 0 Å². The van der Waals surface area contributed by atoms with E-state index in [0.717, 1.165) is 49.0 Å². The molecule has 0 aliphatic carbocycles. The molecule has 2 aliphatic heterocycles. The second-order valence-corrected chi connectivity index (χ2v) is 8.10. The van der Waals surface area contributed by atoms with Crippen molar-refractivity contribution in [1.82, 2.24) is 9.88 Å². The van der Waals surface area contributed by atoms with Gasteiger partial charge >= 0.3 is 0 Å². The molecule has 0 aromatic carbocycles. The summed E-state index contributed by atoms with van der Waals surface area (Å²) in [5, 5.41) is 0. The van der Waals surface area contributed by atoms with Crippen LogP contribution in [0.5, 0.6) is 0 Å². The normalized spacial score (nSPS) is 23.3. The van der Waals surface area contributed by atoms with Gasteiger partial charge in [-0.2, -0.15) is 0 Å². The molecule has 122 valence electrons. The lowest BCUT2D eigenvalue weighted by Gasteiger charge is -2.47. The predicted octanol–water partition coefficient (Wildman–Crippen LogP) is 3.26. The number of nitrogens with zero attached hydrogens (tertiary/aromatic N) is 2. The highest BCUT2D eigenvalue weighted by atomic mass is 32.2. The molecule has 2 fully saturated rings. The molecular formula is C18H22N2O2S. The standard InChI is InChI=1S/C18H22N2O2S/c1-14-5-6-16(22-14)9-20-12-18(13-20)8-17(11-23-18)21-10-15-4-2-3-7-19-15/h2-7,17H,8-13H2,1H3. The van der Waals surface area contributed by atoms with E-state index in [9.17, 15) is 0 Å². The molecule has 4 nitrogen and oxygen atoms in total. The Hall–Kier alpha value is -1.30. The predicted molar refractivity (Wildman–Crippen MR) is 91.3 cm³/mol. The van der Waals surface area contributed by atoms with Gasteiger partial charge in [0, 0.05) is 29.8 Å². The number of likely N-dealkylation sites (tertiary alicyclic amines) is 1. The van der Waals surface area contributed by atoms with Crippen molar-refractivity contribution in [1.29, 1.82) is 0 Å². The molecular weight excluding hydrogens is 308 g/mol. The highest BCUT2D eigenvalue weighted by Gasteiger charge is 2.49. The maximum absolute atomic E-state index is 6.06. The molecule has 2 aromatic rings. The molecule has 5 heteroatoms. The monoisotopic (exact) mass is 330 g/mol. The maximum atomic E-state index is 6.06. The van der Waals surface area contributed by atoms with E-state index >= 15 is 0 Å². The molecule has 1 spiro atoms. The van der Waals surface area contributed by atoms with Crippen molar-refractivity contribution >= 4 is 11.8 Å². The van der Waals surface area contributed by atoms with Crippen LogP contribution in [0, 0.1) is 6.92 Å². The lowest BCUT2D eigenvalue weighted by atomic mass is 9.93. The fourth-order valence-electron chi connectivity index (χ4n) is 3.49. The first-order chi connectivity index (χ1) is 11.2. The Labute approximate surface area is 141 Å². The smallest absolute Gasteiger partial charge is 0.118 e. The number of thioether (sulfide) groups is 1. The van der Waals surface area contributed by atoms with Crippen LogP contribution < -0.4 is 0 Å². The number of ether oxygens (including phenoxy) is 1. The molecule has 1 atom stereocenters. The Bertz CT molecular complexity index is 652. The van der Waals surface area contributed by atoms with Gasteiger partial charge in [0.2, 0.25) is 0 Å². The number of aromatic nitrogens is 1. The quantitative estimate of drug-likeness (QED) is 0.841. The summed E-state index contributed by atoms with van der Waals surface area (Å²) in [5.41, 5.74) is 1.02. The second kappa shape index (κ2) is 6.30. The highest BCUT2D eigenvalue weighted by Crippen LogP contribution is 2.46. The summed E-state index contributed by atoms with van der Waals surface area (Å²) >= 11 is 2.08. The summed E-state index contributed by atoms with van der Waals surface area (Å²) in [6, 6.07) is 10.1. The summed E-state index contributed by atoms with van der Waals surface area (Å²) in [6.07, 6.45) is 3.33. The number of aryl methyl sites for hydroxylation is 1. The zero-order valence-corrected chi connectivity index (χ0v) is 14.2. The number of hydrogen-bond acceptors (Lipinski definition) is 5. The van der Waals surface area contributed by atoms with Gasteiger partial charge in [-0.3, -0.25) is 9.88 Å². The topological polar surface area (TPSA) is 38.5 Å². The van der Waals surface area contributed by atoms with Crippen LogP contribution in [0.4, 0.5) is 0 Å². The Kier molecular flexibility index (Phi) is 4.18. The third-order valence-corrected chi connectivity index (χ3v) is 6.14. The average Bonchev–Trinajstić information content (AvgIpc) is 3.13. The molecule has 2 aliphatic rings. The molecule has 0 N–H and O–H groups in total. The third kappa shape index (κ3) is 3.47. The van der Waals surface area contributed by atoms with Crippen molar-refractivity contribution in [3.05, 3.63) is 53.7 Å². The molecule has 2 saturated heterocycles. The van der Waals surface area contributed by atoms with Gasteiger partial charge in [0.05, 0.1) is 24.9 Å². The fraction of sp³-hybridized carbons (Fsp3) is 0.500. The van der Waals surface area contributed by atoms with Gasteiger partial charge in [0.1, 0.15) is 11.5 Å². The minimum atomic E-state index is 0.356. The van der Waals surface area contributed by atoms with E-state index < -0.39 is 0 Å². The minimum absolute atomic E-state index is 0.356. The van der Waals surface area contributed by atoms with E-state index in [2.05, 4.69) is 27.7 Å². The summed E-state index contributed by atoms with van der Waals surface area (Å²) in [5.74, 6) is 3.16. The highest BCUT2D eigenvalue weighted by molar-refractivity contribution is 8.01. The lowest BCUT2D eigenvalue weighted by molar-refractivity contribution is 0.0237. The summed E-state index contributed by atoms with van der Waals surface area (Å²) in [6.45, 7) is 5.83. The van der Waals surface area contributed by atoms with Crippen LogP contribution in [0.3, 0.4) is 0 Å². The minimum Gasteiger partial charge on any atom is -0.465 e. The van der Waals surface area contributed by atoms with E-state index in [1.807, 2.05) is 37.4 Å². The molecule has 4 heterocycles. The molecule has 0 bridgehead atoms. The first-order valence-corrected chi connectivity index (χ1v) is 9.13. The number of furan rings is 1. The van der Waals surface area contributed by atoms with Crippen LogP contribution >= 0.6 is 11.8 Å². The summed E-state index contributed by atoms with van der Waals surface area (Å²) in [4.78, 5) is 6.79. The van der Waals surface area contributed by atoms with Gasteiger partial charge in [-0.25, -0.2) is 0 Å². The third-order valence-electron chi connectivity index (χ3n) is 4.57. The number of pyridine rings is 1. The largest absolute Gasteiger partial charge is 0.465 e. The van der Waals surface area contributed by atoms with Crippen LogP contribution in [0.2, 0.25) is 0 Å². The fourth-order valence-corrected chi connectivity index (χ4v) is 5.09. The van der Waals surface area contributed by atoms with Gasteiger partial charge < -0.3 is 9.15 Å². The molecule has 2 aromatic heterocycles. The summed E-state index contributed by atoms with van der Waals surface area (Å²) < 4.78 is 12.1. The van der Waals surface area contributed by atoms with Crippen molar-refractivity contribution in [2.75, 3.05) is 18.8 Å². The van der Waals surface area contributed by atoms with Crippen molar-refractivity contribution in [2.24, 2.45) is 0 Å². The Morgan fingerprint density at radius 1 is 1.35 bits per heavy atom. The Morgan fingerprint density at radius 3 is 3.00 bits per heavy atom.